The Labute approximate surface area is 114 Å². The highest BCUT2D eigenvalue weighted by atomic mass is 79.9. The van der Waals surface area contributed by atoms with Crippen LogP contribution in [0, 0.1) is 0 Å². The van der Waals surface area contributed by atoms with Crippen molar-refractivity contribution < 1.29 is 9.59 Å². The number of anilines is 2. The standard InChI is InChI=1S/C12H16BrN3O2/c13-8-2-1-3-11(17)15-9-4-6-10(7-5-9)16-12(14)18/h4-7H,1-3,8H2,(H,15,17)(H3,14,16,18). The number of hydrogen-bond donors (Lipinski definition) is 3. The van der Waals surface area contributed by atoms with Crippen molar-refractivity contribution in [2.45, 2.75) is 19.3 Å². The van der Waals surface area contributed by atoms with Crippen molar-refractivity contribution in [2.24, 2.45) is 5.73 Å². The molecule has 18 heavy (non-hydrogen) atoms. The van der Waals surface area contributed by atoms with E-state index in [4.69, 9.17) is 5.73 Å². The van der Waals surface area contributed by atoms with Crippen molar-refractivity contribution in [3.8, 4) is 0 Å². The van der Waals surface area contributed by atoms with E-state index >= 15 is 0 Å². The number of halogens is 1. The number of alkyl halides is 1. The Morgan fingerprint density at radius 3 is 2.11 bits per heavy atom. The van der Waals surface area contributed by atoms with E-state index in [1.165, 1.54) is 0 Å². The molecule has 0 aromatic heterocycles. The lowest BCUT2D eigenvalue weighted by Crippen LogP contribution is -2.19. The first-order valence-corrected chi connectivity index (χ1v) is 6.76. The fourth-order valence-corrected chi connectivity index (χ4v) is 1.78. The van der Waals surface area contributed by atoms with E-state index < -0.39 is 6.03 Å². The number of carbonyl (C=O) groups excluding carboxylic acids is 2. The molecule has 1 rings (SSSR count). The van der Waals surface area contributed by atoms with Gasteiger partial charge in [-0.25, -0.2) is 4.79 Å². The van der Waals surface area contributed by atoms with Gasteiger partial charge < -0.3 is 16.4 Å². The fraction of sp³-hybridized carbons (Fsp3) is 0.333. The zero-order chi connectivity index (χ0) is 13.4. The van der Waals surface area contributed by atoms with Gasteiger partial charge in [0.2, 0.25) is 5.91 Å². The molecule has 0 bridgehead atoms. The third kappa shape index (κ3) is 5.67. The van der Waals surface area contributed by atoms with E-state index in [-0.39, 0.29) is 5.91 Å². The highest BCUT2D eigenvalue weighted by Gasteiger charge is 2.02. The Morgan fingerprint density at radius 2 is 1.61 bits per heavy atom. The second kappa shape index (κ2) is 7.71. The molecular weight excluding hydrogens is 298 g/mol. The van der Waals surface area contributed by atoms with Gasteiger partial charge in [-0.3, -0.25) is 4.79 Å². The molecule has 0 radical (unpaired) electrons. The van der Waals surface area contributed by atoms with Gasteiger partial charge in [-0.05, 0) is 37.1 Å². The molecule has 0 aliphatic heterocycles. The van der Waals surface area contributed by atoms with Gasteiger partial charge in [-0.15, -0.1) is 0 Å². The van der Waals surface area contributed by atoms with Crippen LogP contribution in [0.3, 0.4) is 0 Å². The van der Waals surface area contributed by atoms with Crippen LogP contribution in [0.1, 0.15) is 19.3 Å². The summed E-state index contributed by atoms with van der Waals surface area (Å²) < 4.78 is 0. The minimum atomic E-state index is -0.610. The predicted molar refractivity (Wildman–Crippen MR) is 75.9 cm³/mol. The maximum atomic E-state index is 11.5. The average molecular weight is 314 g/mol. The summed E-state index contributed by atoms with van der Waals surface area (Å²) in [4.78, 5) is 22.1. The minimum Gasteiger partial charge on any atom is -0.351 e. The van der Waals surface area contributed by atoms with Gasteiger partial charge >= 0.3 is 6.03 Å². The summed E-state index contributed by atoms with van der Waals surface area (Å²) in [6, 6.07) is 6.18. The SMILES string of the molecule is NC(=O)Nc1ccc(NC(=O)CCCCBr)cc1. The molecule has 98 valence electrons. The Morgan fingerprint density at radius 1 is 1.06 bits per heavy atom. The summed E-state index contributed by atoms with van der Waals surface area (Å²) in [7, 11) is 0. The summed E-state index contributed by atoms with van der Waals surface area (Å²) >= 11 is 3.32. The topological polar surface area (TPSA) is 84.2 Å². The van der Waals surface area contributed by atoms with Gasteiger partial charge in [0.25, 0.3) is 0 Å². The second-order valence-electron chi connectivity index (χ2n) is 3.76. The molecule has 6 heteroatoms. The molecule has 1 aromatic rings. The summed E-state index contributed by atoms with van der Waals surface area (Å²) in [6.45, 7) is 0. The molecule has 3 amide bonds. The van der Waals surface area contributed by atoms with Crippen LogP contribution in [0.25, 0.3) is 0 Å². The Kier molecular flexibility index (Phi) is 6.21. The van der Waals surface area contributed by atoms with E-state index in [1.54, 1.807) is 24.3 Å². The number of hydrogen-bond acceptors (Lipinski definition) is 2. The Balaban J connectivity index is 2.43. The maximum Gasteiger partial charge on any atom is 0.316 e. The van der Waals surface area contributed by atoms with Crippen LogP contribution in [-0.4, -0.2) is 17.3 Å². The van der Waals surface area contributed by atoms with Crippen LogP contribution >= 0.6 is 15.9 Å². The lowest BCUT2D eigenvalue weighted by molar-refractivity contribution is -0.116. The number of nitrogens with one attached hydrogen (secondary N) is 2. The average Bonchev–Trinajstić information content (AvgIpc) is 2.31. The van der Waals surface area contributed by atoms with Gasteiger partial charge in [-0.2, -0.15) is 0 Å². The fourth-order valence-electron chi connectivity index (χ4n) is 1.38. The first kappa shape index (κ1) is 14.5. The Bertz CT molecular complexity index is 406. The van der Waals surface area contributed by atoms with Crippen molar-refractivity contribution in [2.75, 3.05) is 16.0 Å². The molecule has 4 N–H and O–H groups in total. The molecule has 0 unspecified atom stereocenters. The number of rotatable bonds is 6. The molecule has 0 aliphatic carbocycles. The monoisotopic (exact) mass is 313 g/mol. The van der Waals surface area contributed by atoms with Gasteiger partial charge in [0.1, 0.15) is 0 Å². The predicted octanol–water partition coefficient (Wildman–Crippen LogP) is 2.68. The molecule has 0 fully saturated rings. The third-order valence-electron chi connectivity index (χ3n) is 2.22. The maximum absolute atomic E-state index is 11.5. The zero-order valence-electron chi connectivity index (χ0n) is 9.91. The molecule has 1 aromatic carbocycles. The van der Waals surface area contributed by atoms with Gasteiger partial charge in [0, 0.05) is 23.1 Å². The number of benzene rings is 1. The number of carbonyl (C=O) groups is 2. The Hall–Kier alpha value is -1.56. The van der Waals surface area contributed by atoms with Gasteiger partial charge in [0.15, 0.2) is 0 Å². The quantitative estimate of drug-likeness (QED) is 0.557. The number of urea groups is 1. The van der Waals surface area contributed by atoms with Gasteiger partial charge in [0.05, 0.1) is 0 Å². The van der Waals surface area contributed by atoms with Crippen molar-refractivity contribution in [1.82, 2.24) is 0 Å². The number of unbranched alkanes of at least 4 members (excludes halogenated alkanes) is 1. The molecule has 5 nitrogen and oxygen atoms in total. The number of primary amides is 1. The van der Waals surface area contributed by atoms with Crippen molar-refractivity contribution in [1.29, 1.82) is 0 Å². The van der Waals surface area contributed by atoms with E-state index in [0.717, 1.165) is 18.2 Å². The van der Waals surface area contributed by atoms with E-state index in [9.17, 15) is 9.59 Å². The molecular formula is C12H16BrN3O2. The highest BCUT2D eigenvalue weighted by Crippen LogP contribution is 2.13. The first-order chi connectivity index (χ1) is 8.61. The smallest absolute Gasteiger partial charge is 0.316 e. The summed E-state index contributed by atoms with van der Waals surface area (Å²) in [5, 5.41) is 6.14. The largest absolute Gasteiger partial charge is 0.351 e. The van der Waals surface area contributed by atoms with Crippen molar-refractivity contribution in [3.63, 3.8) is 0 Å². The second-order valence-corrected chi connectivity index (χ2v) is 4.55. The molecule has 0 spiro atoms. The van der Waals surface area contributed by atoms with Crippen LogP contribution in [0.4, 0.5) is 16.2 Å². The molecule has 0 heterocycles. The number of amides is 3. The summed E-state index contributed by atoms with van der Waals surface area (Å²) in [5.74, 6) is -0.00781. The molecule has 0 saturated heterocycles. The van der Waals surface area contributed by atoms with Crippen molar-refractivity contribution in [3.05, 3.63) is 24.3 Å². The lowest BCUT2D eigenvalue weighted by Gasteiger charge is -2.06. The van der Waals surface area contributed by atoms with Crippen LogP contribution in [-0.2, 0) is 4.79 Å². The first-order valence-electron chi connectivity index (χ1n) is 5.64. The molecule has 0 atom stereocenters. The highest BCUT2D eigenvalue weighted by molar-refractivity contribution is 9.09. The van der Waals surface area contributed by atoms with Crippen LogP contribution in [0.2, 0.25) is 0 Å². The van der Waals surface area contributed by atoms with Crippen LogP contribution < -0.4 is 16.4 Å². The molecule has 0 saturated carbocycles. The van der Waals surface area contributed by atoms with Gasteiger partial charge in [-0.1, -0.05) is 15.9 Å². The normalized spacial score (nSPS) is 9.83. The van der Waals surface area contributed by atoms with E-state index in [0.29, 0.717) is 17.8 Å². The third-order valence-corrected chi connectivity index (χ3v) is 2.78. The number of nitrogens with two attached hydrogens (primary N) is 1. The summed E-state index contributed by atoms with van der Waals surface area (Å²) in [5.41, 5.74) is 6.29. The summed E-state index contributed by atoms with van der Waals surface area (Å²) in [6.07, 6.45) is 2.35. The minimum absolute atomic E-state index is 0.00781. The zero-order valence-corrected chi connectivity index (χ0v) is 11.5. The molecule has 0 aliphatic rings. The lowest BCUT2D eigenvalue weighted by atomic mass is 10.2. The van der Waals surface area contributed by atoms with E-state index in [1.807, 2.05) is 0 Å². The van der Waals surface area contributed by atoms with E-state index in [2.05, 4.69) is 26.6 Å². The van der Waals surface area contributed by atoms with Crippen LogP contribution in [0.15, 0.2) is 24.3 Å². The van der Waals surface area contributed by atoms with Crippen LogP contribution in [0.5, 0.6) is 0 Å². The van der Waals surface area contributed by atoms with Crippen molar-refractivity contribution >= 4 is 39.2 Å².